The fourth-order valence-corrected chi connectivity index (χ4v) is 11.2. The zero-order chi connectivity index (χ0) is 39.2. The Morgan fingerprint density at radius 1 is 0.356 bits per heavy atom. The first-order valence-electron chi connectivity index (χ1n) is 20.5. The Morgan fingerprint density at radius 2 is 0.915 bits per heavy atom. The molecule has 0 bridgehead atoms. The van der Waals surface area contributed by atoms with Gasteiger partial charge in [-0.1, -0.05) is 172 Å². The minimum atomic E-state index is -0.157. The lowest BCUT2D eigenvalue weighted by Gasteiger charge is -2.31. The van der Waals surface area contributed by atoms with Crippen LogP contribution in [0.2, 0.25) is 0 Å². The van der Waals surface area contributed by atoms with E-state index < -0.39 is 0 Å². The minimum absolute atomic E-state index is 0.157. The SMILES string of the molecule is CC1(C)c2ccccc2-c2ccc(N(c3cc4c5ccccc5c5ccccc5c4cc3-c3ccccc3-c3ccccc3)c3cccc4sc5ccccc5c34)cc21. The lowest BCUT2D eigenvalue weighted by molar-refractivity contribution is 0.660. The second kappa shape index (κ2) is 13.0. The van der Waals surface area contributed by atoms with Crippen LogP contribution in [0.15, 0.2) is 200 Å². The second-order valence-electron chi connectivity index (χ2n) is 16.4. The largest absolute Gasteiger partial charge is 0.309 e. The molecule has 2 heteroatoms. The van der Waals surface area contributed by atoms with Gasteiger partial charge in [-0.25, -0.2) is 0 Å². The average molecular weight is 770 g/mol. The first kappa shape index (κ1) is 34.1. The van der Waals surface area contributed by atoms with E-state index in [2.05, 4.69) is 219 Å². The quantitative estimate of drug-likeness (QED) is 0.158. The number of anilines is 3. The van der Waals surface area contributed by atoms with Crippen LogP contribution in [0.3, 0.4) is 0 Å². The minimum Gasteiger partial charge on any atom is -0.309 e. The Morgan fingerprint density at radius 3 is 1.66 bits per heavy atom. The topological polar surface area (TPSA) is 3.24 Å². The van der Waals surface area contributed by atoms with E-state index in [1.807, 2.05) is 11.3 Å². The lowest BCUT2D eigenvalue weighted by atomic mass is 9.82. The van der Waals surface area contributed by atoms with Crippen molar-refractivity contribution in [2.24, 2.45) is 0 Å². The second-order valence-corrected chi connectivity index (χ2v) is 17.5. The van der Waals surface area contributed by atoms with E-state index >= 15 is 0 Å². The fourth-order valence-electron chi connectivity index (χ4n) is 10.1. The summed E-state index contributed by atoms with van der Waals surface area (Å²) in [6.07, 6.45) is 0. The molecule has 0 unspecified atom stereocenters. The molecule has 0 N–H and O–H groups in total. The van der Waals surface area contributed by atoms with Gasteiger partial charge < -0.3 is 4.90 Å². The van der Waals surface area contributed by atoms with E-state index in [0.29, 0.717) is 0 Å². The maximum atomic E-state index is 2.58. The van der Waals surface area contributed by atoms with Gasteiger partial charge in [-0.2, -0.15) is 0 Å². The molecular formula is C57H39NS. The van der Waals surface area contributed by atoms with Gasteiger partial charge in [-0.3, -0.25) is 0 Å². The average Bonchev–Trinajstić information content (AvgIpc) is 3.79. The maximum absolute atomic E-state index is 2.58. The van der Waals surface area contributed by atoms with Gasteiger partial charge in [0.15, 0.2) is 0 Å². The summed E-state index contributed by atoms with van der Waals surface area (Å²) >= 11 is 1.87. The molecule has 0 amide bonds. The van der Waals surface area contributed by atoms with Crippen LogP contribution in [0.1, 0.15) is 25.0 Å². The van der Waals surface area contributed by atoms with Crippen molar-refractivity contribution in [2.45, 2.75) is 19.3 Å². The third-order valence-corrected chi connectivity index (χ3v) is 14.0. The van der Waals surface area contributed by atoms with Gasteiger partial charge in [-0.15, -0.1) is 11.3 Å². The number of benzene rings is 10. The standard InChI is InChI=1S/C57H39NS/c1-57(2)50-27-14-12-25-44(50)45-32-31-37(33-51(45)57)58(52-28-16-30-55-56(52)46-26-13-15-29-54(46)59-55)53-35-48-43-24-11-9-22-41(43)40-21-8-10-23-42(40)47(48)34-49(53)39-20-7-6-19-38(39)36-17-4-3-5-18-36/h3-35H,1-2H3. The summed E-state index contributed by atoms with van der Waals surface area (Å²) in [4.78, 5) is 2.58. The van der Waals surface area contributed by atoms with Crippen LogP contribution in [0.4, 0.5) is 17.1 Å². The smallest absolute Gasteiger partial charge is 0.0555 e. The molecule has 1 aromatic heterocycles. The third kappa shape index (κ3) is 5.10. The molecule has 1 aliphatic rings. The number of thiophene rings is 1. The number of fused-ring (bicyclic) bond motifs is 12. The lowest BCUT2D eigenvalue weighted by Crippen LogP contribution is -2.17. The van der Waals surface area contributed by atoms with E-state index in [-0.39, 0.29) is 5.41 Å². The van der Waals surface area contributed by atoms with Crippen molar-refractivity contribution in [3.63, 3.8) is 0 Å². The summed E-state index contributed by atoms with van der Waals surface area (Å²) in [6.45, 7) is 4.77. The molecule has 0 saturated heterocycles. The Kier molecular flexibility index (Phi) is 7.51. The summed E-state index contributed by atoms with van der Waals surface area (Å²) in [7, 11) is 0. The summed E-state index contributed by atoms with van der Waals surface area (Å²) in [5, 5.41) is 10.1. The summed E-state index contributed by atoms with van der Waals surface area (Å²) in [5.41, 5.74) is 13.5. The molecule has 11 aromatic rings. The molecule has 59 heavy (non-hydrogen) atoms. The zero-order valence-corrected chi connectivity index (χ0v) is 33.7. The van der Waals surface area contributed by atoms with E-state index in [1.165, 1.54) is 103 Å². The number of nitrogens with zero attached hydrogens (tertiary/aromatic N) is 1. The van der Waals surface area contributed by atoms with Gasteiger partial charge in [0.1, 0.15) is 0 Å². The van der Waals surface area contributed by atoms with E-state index in [1.54, 1.807) is 0 Å². The molecule has 10 aromatic carbocycles. The van der Waals surface area contributed by atoms with Crippen LogP contribution in [0.25, 0.3) is 85.9 Å². The van der Waals surface area contributed by atoms with Crippen molar-refractivity contribution in [3.8, 4) is 33.4 Å². The Bertz CT molecular complexity index is 3480. The van der Waals surface area contributed by atoms with E-state index in [9.17, 15) is 0 Å². The van der Waals surface area contributed by atoms with E-state index in [4.69, 9.17) is 0 Å². The van der Waals surface area contributed by atoms with Crippen LogP contribution in [0, 0.1) is 0 Å². The first-order chi connectivity index (χ1) is 29.0. The maximum Gasteiger partial charge on any atom is 0.0555 e. The first-order valence-corrected chi connectivity index (χ1v) is 21.3. The summed E-state index contributed by atoms with van der Waals surface area (Å²) < 4.78 is 2.58. The van der Waals surface area contributed by atoms with Gasteiger partial charge in [0.25, 0.3) is 0 Å². The molecule has 0 atom stereocenters. The molecular weight excluding hydrogens is 731 g/mol. The monoisotopic (exact) mass is 769 g/mol. The van der Waals surface area contributed by atoms with Crippen molar-refractivity contribution in [2.75, 3.05) is 4.90 Å². The highest BCUT2D eigenvalue weighted by atomic mass is 32.1. The van der Waals surface area contributed by atoms with Crippen molar-refractivity contribution >= 4 is 80.9 Å². The Balaban J connectivity index is 1.25. The molecule has 0 aliphatic heterocycles. The third-order valence-electron chi connectivity index (χ3n) is 12.9. The number of hydrogen-bond donors (Lipinski definition) is 0. The van der Waals surface area contributed by atoms with Gasteiger partial charge >= 0.3 is 0 Å². The van der Waals surface area contributed by atoms with Crippen molar-refractivity contribution in [1.29, 1.82) is 0 Å². The molecule has 12 rings (SSSR count). The van der Waals surface area contributed by atoms with Gasteiger partial charge in [0.2, 0.25) is 0 Å². The van der Waals surface area contributed by atoms with E-state index in [0.717, 1.165) is 11.4 Å². The highest BCUT2D eigenvalue weighted by Crippen LogP contribution is 2.54. The summed E-state index contributed by atoms with van der Waals surface area (Å²) in [5.74, 6) is 0. The van der Waals surface area contributed by atoms with Crippen LogP contribution in [0.5, 0.6) is 0 Å². The highest BCUT2D eigenvalue weighted by molar-refractivity contribution is 7.26. The van der Waals surface area contributed by atoms with Crippen LogP contribution < -0.4 is 4.90 Å². The molecule has 1 nitrogen and oxygen atoms in total. The molecule has 0 saturated carbocycles. The van der Waals surface area contributed by atoms with Gasteiger partial charge in [0, 0.05) is 36.8 Å². The fraction of sp³-hybridized carbons (Fsp3) is 0.0526. The zero-order valence-electron chi connectivity index (χ0n) is 32.9. The van der Waals surface area contributed by atoms with Gasteiger partial charge in [0.05, 0.1) is 11.4 Å². The van der Waals surface area contributed by atoms with Crippen molar-refractivity contribution in [3.05, 3.63) is 211 Å². The predicted octanol–water partition coefficient (Wildman–Crippen LogP) is 16.6. The Hall–Kier alpha value is -7.00. The van der Waals surface area contributed by atoms with Crippen LogP contribution >= 0.6 is 11.3 Å². The molecule has 0 spiro atoms. The highest BCUT2D eigenvalue weighted by Gasteiger charge is 2.36. The Labute approximate surface area is 348 Å². The number of hydrogen-bond acceptors (Lipinski definition) is 2. The van der Waals surface area contributed by atoms with Gasteiger partial charge in [-0.05, 0) is 114 Å². The van der Waals surface area contributed by atoms with Crippen molar-refractivity contribution < 1.29 is 0 Å². The molecule has 278 valence electrons. The molecule has 0 radical (unpaired) electrons. The van der Waals surface area contributed by atoms with Crippen LogP contribution in [-0.4, -0.2) is 0 Å². The molecule has 1 heterocycles. The normalized spacial score (nSPS) is 13.1. The molecule has 1 aliphatic carbocycles. The van der Waals surface area contributed by atoms with Crippen LogP contribution in [-0.2, 0) is 5.41 Å². The summed E-state index contributed by atoms with van der Waals surface area (Å²) in [6, 6.07) is 74.6. The molecule has 0 fully saturated rings. The number of rotatable bonds is 5. The van der Waals surface area contributed by atoms with Crippen molar-refractivity contribution in [1.82, 2.24) is 0 Å². The predicted molar refractivity (Wildman–Crippen MR) is 255 cm³/mol.